The molecule has 1 aliphatic heterocycles. The van der Waals surface area contributed by atoms with Gasteiger partial charge in [0.15, 0.2) is 0 Å². The summed E-state index contributed by atoms with van der Waals surface area (Å²) in [6.45, 7) is 10.8. The molecule has 1 amide bonds. The van der Waals surface area contributed by atoms with Crippen molar-refractivity contribution in [2.24, 2.45) is 5.92 Å². The van der Waals surface area contributed by atoms with Crippen LogP contribution in [-0.2, 0) is 6.54 Å². The summed E-state index contributed by atoms with van der Waals surface area (Å²) < 4.78 is 0. The molecule has 0 bridgehead atoms. The van der Waals surface area contributed by atoms with Crippen LogP contribution in [0.1, 0.15) is 55.5 Å². The second-order valence-electron chi connectivity index (χ2n) is 7.86. The third-order valence-corrected chi connectivity index (χ3v) is 5.10. The SMILES string of the molecule is Cc1nc(C(=O)N(Cc2ccccc2)C(C)C)cc(N2CCCC(C)C2)n1. The van der Waals surface area contributed by atoms with Crippen molar-refractivity contribution < 1.29 is 4.79 Å². The van der Waals surface area contributed by atoms with Gasteiger partial charge in [-0.1, -0.05) is 37.3 Å². The molecule has 2 heterocycles. The Balaban J connectivity index is 1.85. The van der Waals surface area contributed by atoms with E-state index in [2.05, 4.69) is 33.9 Å². The zero-order valence-corrected chi connectivity index (χ0v) is 16.9. The van der Waals surface area contributed by atoms with Gasteiger partial charge in [0.05, 0.1) is 0 Å². The maximum Gasteiger partial charge on any atom is 0.273 e. The fourth-order valence-corrected chi connectivity index (χ4v) is 3.64. The predicted octanol–water partition coefficient (Wildman–Crippen LogP) is 4.07. The van der Waals surface area contributed by atoms with Gasteiger partial charge in [0, 0.05) is 31.7 Å². The van der Waals surface area contributed by atoms with Crippen molar-refractivity contribution in [3.8, 4) is 0 Å². The predicted molar refractivity (Wildman–Crippen MR) is 109 cm³/mol. The molecular weight excluding hydrogens is 336 g/mol. The van der Waals surface area contributed by atoms with Crippen LogP contribution in [0.15, 0.2) is 36.4 Å². The molecule has 1 atom stereocenters. The highest BCUT2D eigenvalue weighted by Crippen LogP contribution is 2.23. The van der Waals surface area contributed by atoms with Gasteiger partial charge >= 0.3 is 0 Å². The fraction of sp³-hybridized carbons (Fsp3) is 0.500. The van der Waals surface area contributed by atoms with Crippen LogP contribution in [0.2, 0.25) is 0 Å². The van der Waals surface area contributed by atoms with Crippen molar-refractivity contribution in [1.29, 1.82) is 0 Å². The first-order valence-corrected chi connectivity index (χ1v) is 9.89. The van der Waals surface area contributed by atoms with Crippen LogP contribution in [0, 0.1) is 12.8 Å². The molecule has 1 aliphatic rings. The number of rotatable bonds is 5. The lowest BCUT2D eigenvalue weighted by atomic mass is 10.0. The van der Waals surface area contributed by atoms with E-state index in [1.165, 1.54) is 12.8 Å². The minimum absolute atomic E-state index is 0.0364. The van der Waals surface area contributed by atoms with Crippen molar-refractivity contribution in [2.75, 3.05) is 18.0 Å². The Kier molecular flexibility index (Phi) is 6.09. The molecule has 1 saturated heterocycles. The van der Waals surface area contributed by atoms with Gasteiger partial charge < -0.3 is 9.80 Å². The van der Waals surface area contributed by atoms with Gasteiger partial charge in [-0.2, -0.15) is 0 Å². The second-order valence-corrected chi connectivity index (χ2v) is 7.86. The van der Waals surface area contributed by atoms with Crippen molar-refractivity contribution in [3.63, 3.8) is 0 Å². The fourth-order valence-electron chi connectivity index (χ4n) is 3.64. The van der Waals surface area contributed by atoms with Crippen LogP contribution in [0.3, 0.4) is 0 Å². The lowest BCUT2D eigenvalue weighted by Crippen LogP contribution is -2.38. The Hall–Kier alpha value is -2.43. The van der Waals surface area contributed by atoms with Crippen LogP contribution < -0.4 is 4.90 Å². The first-order chi connectivity index (χ1) is 12.9. The summed E-state index contributed by atoms with van der Waals surface area (Å²) >= 11 is 0. The van der Waals surface area contributed by atoms with Gasteiger partial charge in [0.2, 0.25) is 0 Å². The average molecular weight is 367 g/mol. The van der Waals surface area contributed by atoms with E-state index in [9.17, 15) is 4.79 Å². The Morgan fingerprint density at radius 2 is 2.00 bits per heavy atom. The van der Waals surface area contributed by atoms with Crippen LogP contribution in [0.25, 0.3) is 0 Å². The van der Waals surface area contributed by atoms with E-state index in [1.54, 1.807) is 0 Å². The van der Waals surface area contributed by atoms with Crippen LogP contribution >= 0.6 is 0 Å². The van der Waals surface area contributed by atoms with E-state index < -0.39 is 0 Å². The molecule has 0 spiro atoms. The summed E-state index contributed by atoms with van der Waals surface area (Å²) in [6, 6.07) is 12.1. The van der Waals surface area contributed by atoms with Crippen LogP contribution in [0.4, 0.5) is 5.82 Å². The lowest BCUT2D eigenvalue weighted by molar-refractivity contribution is 0.0684. The Morgan fingerprint density at radius 1 is 1.26 bits per heavy atom. The van der Waals surface area contributed by atoms with Crippen molar-refractivity contribution in [1.82, 2.24) is 14.9 Å². The molecule has 144 valence electrons. The smallest absolute Gasteiger partial charge is 0.273 e. The molecule has 1 aromatic heterocycles. The molecular formula is C22H30N4O. The summed E-state index contributed by atoms with van der Waals surface area (Å²) in [5.74, 6) is 2.14. The van der Waals surface area contributed by atoms with Crippen molar-refractivity contribution >= 4 is 11.7 Å². The number of aromatic nitrogens is 2. The standard InChI is InChI=1S/C22H30N4O/c1-16(2)26(15-19-10-6-5-7-11-19)22(27)20-13-21(24-18(4)23-20)25-12-8-9-17(3)14-25/h5-7,10-11,13,16-17H,8-9,12,14-15H2,1-4H3. The monoisotopic (exact) mass is 366 g/mol. The minimum Gasteiger partial charge on any atom is -0.356 e. The maximum absolute atomic E-state index is 13.3. The summed E-state index contributed by atoms with van der Waals surface area (Å²) in [5.41, 5.74) is 1.61. The molecule has 1 aromatic carbocycles. The third-order valence-electron chi connectivity index (χ3n) is 5.10. The van der Waals surface area contributed by atoms with Crippen molar-refractivity contribution in [2.45, 2.75) is 53.1 Å². The average Bonchev–Trinajstić information content (AvgIpc) is 2.65. The zero-order valence-electron chi connectivity index (χ0n) is 16.9. The first-order valence-electron chi connectivity index (χ1n) is 9.89. The molecule has 1 unspecified atom stereocenters. The topological polar surface area (TPSA) is 49.3 Å². The third kappa shape index (κ3) is 4.85. The maximum atomic E-state index is 13.3. The van der Waals surface area contributed by atoms with Gasteiger partial charge in [0.25, 0.3) is 5.91 Å². The normalized spacial score (nSPS) is 17.2. The van der Waals surface area contributed by atoms with E-state index in [0.717, 1.165) is 24.5 Å². The van der Waals surface area contributed by atoms with E-state index in [1.807, 2.05) is 49.9 Å². The van der Waals surface area contributed by atoms with Gasteiger partial charge in [-0.05, 0) is 45.1 Å². The van der Waals surface area contributed by atoms with E-state index in [4.69, 9.17) is 0 Å². The molecule has 0 N–H and O–H groups in total. The second kappa shape index (κ2) is 8.51. The summed E-state index contributed by atoms with van der Waals surface area (Å²) in [7, 11) is 0. The van der Waals surface area contributed by atoms with Gasteiger partial charge in [-0.3, -0.25) is 4.79 Å². The number of amides is 1. The molecule has 1 fully saturated rings. The number of aryl methyl sites for hydroxylation is 1. The Bertz CT molecular complexity index is 775. The van der Waals surface area contributed by atoms with Gasteiger partial charge in [0.1, 0.15) is 17.3 Å². The summed E-state index contributed by atoms with van der Waals surface area (Å²) in [6.07, 6.45) is 2.42. The van der Waals surface area contributed by atoms with E-state index in [-0.39, 0.29) is 11.9 Å². The summed E-state index contributed by atoms with van der Waals surface area (Å²) in [4.78, 5) is 26.5. The molecule has 5 heteroatoms. The Labute approximate surface area is 162 Å². The number of hydrogen-bond donors (Lipinski definition) is 0. The largest absolute Gasteiger partial charge is 0.356 e. The van der Waals surface area contributed by atoms with E-state index >= 15 is 0 Å². The number of carbonyl (C=O) groups excluding carboxylic acids is 1. The minimum atomic E-state index is -0.0364. The molecule has 3 rings (SSSR count). The molecule has 2 aromatic rings. The molecule has 0 saturated carbocycles. The summed E-state index contributed by atoms with van der Waals surface area (Å²) in [5, 5.41) is 0. The highest BCUT2D eigenvalue weighted by atomic mass is 16.2. The molecule has 27 heavy (non-hydrogen) atoms. The number of carbonyl (C=O) groups is 1. The number of hydrogen-bond acceptors (Lipinski definition) is 4. The number of piperidine rings is 1. The number of nitrogens with zero attached hydrogens (tertiary/aromatic N) is 4. The highest BCUT2D eigenvalue weighted by molar-refractivity contribution is 5.93. The van der Waals surface area contributed by atoms with Crippen LogP contribution in [-0.4, -0.2) is 39.9 Å². The first kappa shape index (κ1) is 19.3. The molecule has 5 nitrogen and oxygen atoms in total. The molecule has 0 aliphatic carbocycles. The quantitative estimate of drug-likeness (QED) is 0.800. The van der Waals surface area contributed by atoms with Crippen LogP contribution in [0.5, 0.6) is 0 Å². The number of benzene rings is 1. The van der Waals surface area contributed by atoms with Gasteiger partial charge in [-0.15, -0.1) is 0 Å². The highest BCUT2D eigenvalue weighted by Gasteiger charge is 2.24. The molecule has 0 radical (unpaired) electrons. The number of anilines is 1. The van der Waals surface area contributed by atoms with Gasteiger partial charge in [-0.25, -0.2) is 9.97 Å². The lowest BCUT2D eigenvalue weighted by Gasteiger charge is -2.32. The Morgan fingerprint density at radius 3 is 2.67 bits per heavy atom. The zero-order chi connectivity index (χ0) is 19.4. The van der Waals surface area contributed by atoms with E-state index in [0.29, 0.717) is 24.0 Å². The van der Waals surface area contributed by atoms with Crippen molar-refractivity contribution in [3.05, 3.63) is 53.5 Å².